The number of esters is 2. The zero-order valence-electron chi connectivity index (χ0n) is 31.4. The van der Waals surface area contributed by atoms with Crippen molar-refractivity contribution in [3.63, 3.8) is 0 Å². The van der Waals surface area contributed by atoms with Gasteiger partial charge in [0.25, 0.3) is 0 Å². The molecule has 1 aliphatic heterocycles. The van der Waals surface area contributed by atoms with Crippen molar-refractivity contribution in [2.24, 2.45) is 5.92 Å². The molecule has 3 aromatic carbocycles. The van der Waals surface area contributed by atoms with E-state index in [1.807, 2.05) is 31.2 Å². The highest BCUT2D eigenvalue weighted by atomic mass is 16.6. The molecule has 0 unspecified atom stereocenters. The minimum atomic E-state index is -1.13. The Labute approximate surface area is 299 Å². The molecule has 0 saturated carbocycles. The summed E-state index contributed by atoms with van der Waals surface area (Å²) in [6, 6.07) is 13.6. The van der Waals surface area contributed by atoms with Crippen LogP contribution in [0.4, 0.5) is 0 Å². The number of ether oxygens (including phenoxy) is 3. The van der Waals surface area contributed by atoms with E-state index >= 15 is 0 Å². The van der Waals surface area contributed by atoms with E-state index in [0.717, 1.165) is 91.2 Å². The van der Waals surface area contributed by atoms with Crippen molar-refractivity contribution in [3.05, 3.63) is 81.9 Å². The highest BCUT2D eigenvalue weighted by molar-refractivity contribution is 6.31. The van der Waals surface area contributed by atoms with Gasteiger partial charge < -0.3 is 19.3 Å². The Balaban J connectivity index is 1.53. The quantitative estimate of drug-likeness (QED) is 0.0674. The molecular formula is C44H56O6. The van der Waals surface area contributed by atoms with Crippen LogP contribution in [0.25, 0.3) is 11.1 Å². The van der Waals surface area contributed by atoms with Gasteiger partial charge >= 0.3 is 11.9 Å². The second-order valence-electron chi connectivity index (χ2n) is 15.3. The van der Waals surface area contributed by atoms with Crippen LogP contribution in [0.2, 0.25) is 0 Å². The Morgan fingerprint density at radius 2 is 1.50 bits per heavy atom. The van der Waals surface area contributed by atoms with Crippen molar-refractivity contribution in [1.82, 2.24) is 0 Å². The Kier molecular flexibility index (Phi) is 11.8. The first kappa shape index (κ1) is 37.2. The first-order valence-corrected chi connectivity index (χ1v) is 18.8. The number of allylic oxidation sites excluding steroid dienone is 2. The third kappa shape index (κ3) is 8.28. The lowest BCUT2D eigenvalue weighted by Gasteiger charge is -2.46. The van der Waals surface area contributed by atoms with Crippen molar-refractivity contribution in [1.29, 1.82) is 0 Å². The average Bonchev–Trinajstić information content (AvgIpc) is 3.04. The summed E-state index contributed by atoms with van der Waals surface area (Å²) in [5.74, 6) is -0.685. The second-order valence-corrected chi connectivity index (χ2v) is 15.3. The zero-order valence-corrected chi connectivity index (χ0v) is 31.4. The number of hydrogen-bond donors (Lipinski definition) is 1. The van der Waals surface area contributed by atoms with E-state index in [2.05, 4.69) is 60.6 Å². The van der Waals surface area contributed by atoms with E-state index < -0.39 is 17.5 Å². The molecule has 1 heterocycles. The lowest BCUT2D eigenvalue weighted by molar-refractivity contribution is -0.156. The Bertz CT molecular complexity index is 1750. The number of rotatable bonds is 12. The van der Waals surface area contributed by atoms with Crippen molar-refractivity contribution in [3.8, 4) is 34.1 Å². The number of carbonyl (C=O) groups is 2. The molecular weight excluding hydrogens is 624 g/mol. The molecule has 0 saturated heterocycles. The Morgan fingerprint density at radius 3 is 2.14 bits per heavy atom. The number of phenolic OH excluding ortho intramolecular Hbond substituents is 1. The van der Waals surface area contributed by atoms with Gasteiger partial charge in [0, 0.05) is 17.4 Å². The fraction of sp³-hybridized carbons (Fsp3) is 0.500. The molecule has 2 atom stereocenters. The summed E-state index contributed by atoms with van der Waals surface area (Å²) in [5, 5.41) is 11.5. The molecule has 3 aromatic rings. The predicted octanol–water partition coefficient (Wildman–Crippen LogP) is 11.1. The van der Waals surface area contributed by atoms with Crippen LogP contribution < -0.4 is 14.2 Å². The molecule has 0 radical (unpaired) electrons. The van der Waals surface area contributed by atoms with E-state index in [-0.39, 0.29) is 29.3 Å². The van der Waals surface area contributed by atoms with Gasteiger partial charge in [-0.15, -0.1) is 0 Å². The average molecular weight is 681 g/mol. The molecule has 0 spiro atoms. The highest BCUT2D eigenvalue weighted by Gasteiger charge is 2.46. The van der Waals surface area contributed by atoms with Crippen LogP contribution in [0.5, 0.6) is 23.0 Å². The second kappa shape index (κ2) is 15.9. The summed E-state index contributed by atoms with van der Waals surface area (Å²) in [6.07, 6.45) is 12.0. The summed E-state index contributed by atoms with van der Waals surface area (Å²) in [5.41, 5.74) is 6.73. The number of aryl methyl sites for hydroxylation is 3. The van der Waals surface area contributed by atoms with Crippen molar-refractivity contribution < 1.29 is 28.9 Å². The van der Waals surface area contributed by atoms with Crippen LogP contribution in [-0.2, 0) is 22.4 Å². The largest absolute Gasteiger partial charge is 0.507 e. The molecule has 0 amide bonds. The van der Waals surface area contributed by atoms with Gasteiger partial charge in [0.1, 0.15) is 28.6 Å². The summed E-state index contributed by atoms with van der Waals surface area (Å²) in [4.78, 5) is 27.5. The smallest absolute Gasteiger partial charge is 0.423 e. The number of unbranched alkanes of at least 4 members (excludes halogenated alkanes) is 4. The van der Waals surface area contributed by atoms with Gasteiger partial charge in [-0.3, -0.25) is 0 Å². The highest BCUT2D eigenvalue weighted by Crippen LogP contribution is 2.54. The van der Waals surface area contributed by atoms with Gasteiger partial charge in [-0.05, 0) is 119 Å². The topological polar surface area (TPSA) is 82.1 Å². The third-order valence-corrected chi connectivity index (χ3v) is 10.5. The summed E-state index contributed by atoms with van der Waals surface area (Å²) < 4.78 is 18.6. The molecule has 6 nitrogen and oxygen atoms in total. The lowest BCUT2D eigenvalue weighted by Crippen LogP contribution is -2.45. The number of carbonyl (C=O) groups excluding carboxylic acids is 2. The third-order valence-electron chi connectivity index (χ3n) is 10.5. The molecule has 0 aromatic heterocycles. The first-order chi connectivity index (χ1) is 23.8. The number of aromatic hydroxyl groups is 1. The number of phenols is 1. The molecule has 2 aliphatic rings. The molecule has 1 aliphatic carbocycles. The van der Waals surface area contributed by atoms with E-state index in [1.165, 1.54) is 5.57 Å². The monoisotopic (exact) mass is 680 g/mol. The van der Waals surface area contributed by atoms with E-state index in [1.54, 1.807) is 12.1 Å². The number of benzene rings is 3. The van der Waals surface area contributed by atoms with Gasteiger partial charge in [0.2, 0.25) is 0 Å². The van der Waals surface area contributed by atoms with Gasteiger partial charge in [0.15, 0.2) is 0 Å². The number of hydrogen-bond acceptors (Lipinski definition) is 6. The molecule has 50 heavy (non-hydrogen) atoms. The normalized spacial score (nSPS) is 17.7. The van der Waals surface area contributed by atoms with Crippen molar-refractivity contribution in [2.45, 2.75) is 137 Å². The number of fused-ring (bicyclic) bond motifs is 3. The molecule has 0 bridgehead atoms. The Morgan fingerprint density at radius 1 is 0.880 bits per heavy atom. The SMILES string of the molecule is CCCCCc1cc(O)c(-c2cc(C)ccc2C(C)C)c(OC(=O)C(=O)Oc2cc(CCCCC)cc3c2[C@@H]2C=C(C)CC[C@H]2C(C)(C)O3)c1. The molecule has 0 fully saturated rings. The first-order valence-electron chi connectivity index (χ1n) is 18.8. The molecule has 5 rings (SSSR count). The maximum absolute atomic E-state index is 13.8. The van der Waals surface area contributed by atoms with Crippen molar-refractivity contribution in [2.75, 3.05) is 0 Å². The van der Waals surface area contributed by atoms with E-state index in [0.29, 0.717) is 23.5 Å². The molecule has 1 N–H and O–H groups in total. The van der Waals surface area contributed by atoms with Crippen LogP contribution in [0.3, 0.4) is 0 Å². The minimum absolute atomic E-state index is 0.00913. The predicted molar refractivity (Wildman–Crippen MR) is 200 cm³/mol. The molecule has 268 valence electrons. The van der Waals surface area contributed by atoms with Gasteiger partial charge in [0.05, 0.1) is 5.56 Å². The Hall–Kier alpha value is -4.06. The van der Waals surface area contributed by atoms with Crippen molar-refractivity contribution >= 4 is 11.9 Å². The van der Waals surface area contributed by atoms with Crippen LogP contribution in [-0.4, -0.2) is 22.6 Å². The fourth-order valence-corrected chi connectivity index (χ4v) is 7.77. The van der Waals surface area contributed by atoms with Gasteiger partial charge in [-0.1, -0.05) is 88.8 Å². The fourth-order valence-electron chi connectivity index (χ4n) is 7.77. The summed E-state index contributed by atoms with van der Waals surface area (Å²) in [7, 11) is 0. The van der Waals surface area contributed by atoms with Gasteiger partial charge in [-0.25, -0.2) is 9.59 Å². The van der Waals surface area contributed by atoms with Crippen LogP contribution in [0, 0.1) is 12.8 Å². The lowest BCUT2D eigenvalue weighted by atomic mass is 9.68. The minimum Gasteiger partial charge on any atom is -0.507 e. The maximum Gasteiger partial charge on any atom is 0.423 e. The van der Waals surface area contributed by atoms with E-state index in [4.69, 9.17) is 14.2 Å². The van der Waals surface area contributed by atoms with Crippen LogP contribution in [0.15, 0.2) is 54.1 Å². The van der Waals surface area contributed by atoms with Crippen LogP contribution >= 0.6 is 0 Å². The van der Waals surface area contributed by atoms with E-state index in [9.17, 15) is 14.7 Å². The molecule has 6 heteroatoms. The summed E-state index contributed by atoms with van der Waals surface area (Å²) in [6.45, 7) is 16.9. The zero-order chi connectivity index (χ0) is 36.2. The van der Waals surface area contributed by atoms with Crippen LogP contribution in [0.1, 0.15) is 139 Å². The maximum atomic E-state index is 13.8. The summed E-state index contributed by atoms with van der Waals surface area (Å²) >= 11 is 0. The standard InChI is InChI=1S/C44H56O6/c1-9-11-13-15-30-23-36(45)40(33-21-28(5)17-19-32(33)27(3)4)37(24-30)48-42(46)43(47)49-38-25-31(16-14-12-10-2)26-39-41(38)34-22-29(6)18-20-35(34)44(7,8)50-39/h17,19,21-27,34-35,45H,9-16,18,20H2,1-8H3/t34-,35-/m1/s1. The van der Waals surface area contributed by atoms with Gasteiger partial charge in [-0.2, -0.15) is 0 Å².